The Kier molecular flexibility index (Phi) is 5.97. The Morgan fingerprint density at radius 2 is 2.17 bits per heavy atom. The molecule has 1 heterocycles. The summed E-state index contributed by atoms with van der Waals surface area (Å²) >= 11 is 5.17. The van der Waals surface area contributed by atoms with Gasteiger partial charge in [0.1, 0.15) is 6.04 Å². The summed E-state index contributed by atoms with van der Waals surface area (Å²) in [4.78, 5) is 25.0. The van der Waals surface area contributed by atoms with Crippen molar-refractivity contribution in [1.82, 2.24) is 15.5 Å². The van der Waals surface area contributed by atoms with Crippen molar-refractivity contribution in [2.75, 3.05) is 20.3 Å². The minimum atomic E-state index is -0.306. The summed E-state index contributed by atoms with van der Waals surface area (Å²) in [6.07, 6.45) is 0. The third kappa shape index (κ3) is 4.14. The molecule has 0 saturated carbocycles. The van der Waals surface area contributed by atoms with Gasteiger partial charge in [0, 0.05) is 6.54 Å². The number of benzene rings is 1. The number of hydrogen-bond donors (Lipinski definition) is 2. The van der Waals surface area contributed by atoms with Gasteiger partial charge in [0.2, 0.25) is 0 Å². The van der Waals surface area contributed by atoms with Gasteiger partial charge in [0.15, 0.2) is 23.2 Å². The van der Waals surface area contributed by atoms with Crippen molar-refractivity contribution in [3.8, 4) is 11.5 Å². The molecule has 0 radical (unpaired) electrons. The van der Waals surface area contributed by atoms with Gasteiger partial charge in [-0.05, 0) is 43.8 Å². The van der Waals surface area contributed by atoms with Crippen LogP contribution in [0.2, 0.25) is 0 Å². The van der Waals surface area contributed by atoms with E-state index in [1.54, 1.807) is 19.1 Å². The number of carbonyl (C=O) groups excluding carboxylic acids is 2. The van der Waals surface area contributed by atoms with Crippen LogP contribution in [0.5, 0.6) is 11.5 Å². The Morgan fingerprint density at radius 3 is 2.75 bits per heavy atom. The van der Waals surface area contributed by atoms with Gasteiger partial charge in [0.25, 0.3) is 11.8 Å². The molecule has 1 atom stereocenters. The molecule has 1 fully saturated rings. The van der Waals surface area contributed by atoms with Crippen molar-refractivity contribution >= 4 is 29.1 Å². The van der Waals surface area contributed by atoms with Crippen LogP contribution in [0, 0.1) is 0 Å². The first-order chi connectivity index (χ1) is 11.5. The first-order valence-corrected chi connectivity index (χ1v) is 8.05. The maximum Gasteiger partial charge on any atom is 0.257 e. The Bertz CT molecular complexity index is 650. The monoisotopic (exact) mass is 351 g/mol. The molecule has 24 heavy (non-hydrogen) atoms. The molecule has 1 aromatic carbocycles. The summed E-state index contributed by atoms with van der Waals surface area (Å²) in [7, 11) is 1.52. The lowest BCUT2D eigenvalue weighted by Gasteiger charge is -2.16. The molecule has 0 bridgehead atoms. The Morgan fingerprint density at radius 1 is 1.42 bits per heavy atom. The van der Waals surface area contributed by atoms with Crippen molar-refractivity contribution in [2.24, 2.45) is 0 Å². The van der Waals surface area contributed by atoms with Gasteiger partial charge in [-0.25, -0.2) is 0 Å². The molecule has 2 amide bonds. The van der Waals surface area contributed by atoms with Crippen LogP contribution in [-0.4, -0.2) is 48.1 Å². The van der Waals surface area contributed by atoms with E-state index in [0.29, 0.717) is 29.7 Å². The minimum absolute atomic E-state index is 0.0597. The van der Waals surface area contributed by atoms with Crippen molar-refractivity contribution in [3.05, 3.63) is 23.8 Å². The largest absolute Gasteiger partial charge is 0.493 e. The molecular weight excluding hydrogens is 330 g/mol. The van der Waals surface area contributed by atoms with E-state index in [0.717, 1.165) is 5.56 Å². The highest BCUT2D eigenvalue weighted by Gasteiger charge is 2.32. The Hall–Kier alpha value is -2.35. The van der Waals surface area contributed by atoms with Gasteiger partial charge in [-0.1, -0.05) is 6.07 Å². The second kappa shape index (κ2) is 7.96. The van der Waals surface area contributed by atoms with Crippen LogP contribution in [0.1, 0.15) is 19.4 Å². The molecule has 1 aliphatic heterocycles. The van der Waals surface area contributed by atoms with E-state index in [-0.39, 0.29) is 24.5 Å². The maximum absolute atomic E-state index is 12.1. The summed E-state index contributed by atoms with van der Waals surface area (Å²) in [5.41, 5.74) is 0.851. The highest BCUT2D eigenvalue weighted by Crippen LogP contribution is 2.29. The molecule has 0 spiro atoms. The smallest absolute Gasteiger partial charge is 0.257 e. The van der Waals surface area contributed by atoms with Crippen molar-refractivity contribution < 1.29 is 19.1 Å². The fourth-order valence-electron chi connectivity index (χ4n) is 2.31. The predicted molar refractivity (Wildman–Crippen MR) is 92.9 cm³/mol. The highest BCUT2D eigenvalue weighted by atomic mass is 32.1. The molecular formula is C16H21N3O4S. The number of amides is 2. The van der Waals surface area contributed by atoms with E-state index in [9.17, 15) is 9.59 Å². The van der Waals surface area contributed by atoms with Crippen LogP contribution < -0.4 is 20.1 Å². The predicted octanol–water partition coefficient (Wildman–Crippen LogP) is 0.815. The molecule has 130 valence electrons. The van der Waals surface area contributed by atoms with Crippen LogP contribution in [0.3, 0.4) is 0 Å². The standard InChI is InChI=1S/C16H21N3O4S/c1-4-17-14(20)9-23-12-6-5-11(7-13(12)22-3)8-19-15(21)10(2)18-16(19)24/h5-7,10H,4,8-9H2,1-3H3,(H,17,20)(H,18,24)/t10-/m0/s1. The van der Waals surface area contributed by atoms with E-state index in [1.807, 2.05) is 13.0 Å². The summed E-state index contributed by atoms with van der Waals surface area (Å²) in [6.45, 7) is 4.43. The number of nitrogens with one attached hydrogen (secondary N) is 2. The number of carbonyl (C=O) groups is 2. The minimum Gasteiger partial charge on any atom is -0.493 e. The number of rotatable bonds is 7. The van der Waals surface area contributed by atoms with Crippen LogP contribution in [-0.2, 0) is 16.1 Å². The quantitative estimate of drug-likeness (QED) is 0.708. The third-order valence-corrected chi connectivity index (χ3v) is 3.86. The maximum atomic E-state index is 12.1. The average Bonchev–Trinajstić information content (AvgIpc) is 2.80. The van der Waals surface area contributed by atoms with Crippen LogP contribution in [0.25, 0.3) is 0 Å². The molecule has 0 aliphatic carbocycles. The molecule has 0 unspecified atom stereocenters. The molecule has 7 nitrogen and oxygen atoms in total. The summed E-state index contributed by atoms with van der Waals surface area (Å²) < 4.78 is 10.8. The topological polar surface area (TPSA) is 79.9 Å². The van der Waals surface area contributed by atoms with Gasteiger partial charge in [-0.3, -0.25) is 14.5 Å². The van der Waals surface area contributed by atoms with Crippen molar-refractivity contribution in [1.29, 1.82) is 0 Å². The van der Waals surface area contributed by atoms with Crippen LogP contribution in [0.15, 0.2) is 18.2 Å². The molecule has 1 aromatic rings. The molecule has 1 saturated heterocycles. The Labute approximate surface area is 146 Å². The number of hydrogen-bond acceptors (Lipinski definition) is 5. The van der Waals surface area contributed by atoms with Crippen molar-refractivity contribution in [2.45, 2.75) is 26.4 Å². The number of nitrogens with zero attached hydrogens (tertiary/aromatic N) is 1. The lowest BCUT2D eigenvalue weighted by molar-refractivity contribution is -0.127. The molecule has 8 heteroatoms. The normalized spacial score (nSPS) is 16.8. The summed E-state index contributed by atoms with van der Waals surface area (Å²) in [5.74, 6) is 0.705. The zero-order chi connectivity index (χ0) is 17.7. The van der Waals surface area contributed by atoms with Gasteiger partial charge >= 0.3 is 0 Å². The first kappa shape index (κ1) is 18.0. The van der Waals surface area contributed by atoms with E-state index in [1.165, 1.54) is 12.0 Å². The fraction of sp³-hybridized carbons (Fsp3) is 0.438. The average molecular weight is 351 g/mol. The first-order valence-electron chi connectivity index (χ1n) is 7.64. The van der Waals surface area contributed by atoms with E-state index in [2.05, 4.69) is 10.6 Å². The number of thiocarbonyl (C=S) groups is 1. The second-order valence-corrected chi connectivity index (χ2v) is 5.71. The third-order valence-electron chi connectivity index (χ3n) is 3.52. The molecule has 2 rings (SSSR count). The lowest BCUT2D eigenvalue weighted by atomic mass is 10.2. The Balaban J connectivity index is 2.07. The van der Waals surface area contributed by atoms with E-state index >= 15 is 0 Å². The molecule has 1 aliphatic rings. The van der Waals surface area contributed by atoms with Crippen LogP contribution in [0.4, 0.5) is 0 Å². The molecule has 2 N–H and O–H groups in total. The highest BCUT2D eigenvalue weighted by molar-refractivity contribution is 7.80. The second-order valence-electron chi connectivity index (χ2n) is 5.32. The number of methoxy groups -OCH3 is 1. The van der Waals surface area contributed by atoms with Crippen LogP contribution >= 0.6 is 12.2 Å². The lowest BCUT2D eigenvalue weighted by Crippen LogP contribution is -2.30. The van der Waals surface area contributed by atoms with Gasteiger partial charge in [-0.2, -0.15) is 0 Å². The van der Waals surface area contributed by atoms with Gasteiger partial charge in [0.05, 0.1) is 13.7 Å². The van der Waals surface area contributed by atoms with E-state index in [4.69, 9.17) is 21.7 Å². The SMILES string of the molecule is CCNC(=O)COc1ccc(CN2C(=O)[C@H](C)NC2=S)cc1OC. The van der Waals surface area contributed by atoms with E-state index < -0.39 is 0 Å². The molecule has 0 aromatic heterocycles. The number of ether oxygens (including phenoxy) is 2. The van der Waals surface area contributed by atoms with Gasteiger partial charge in [-0.15, -0.1) is 0 Å². The zero-order valence-corrected chi connectivity index (χ0v) is 14.7. The summed E-state index contributed by atoms with van der Waals surface area (Å²) in [5, 5.41) is 6.00. The van der Waals surface area contributed by atoms with Crippen molar-refractivity contribution in [3.63, 3.8) is 0 Å². The van der Waals surface area contributed by atoms with Gasteiger partial charge < -0.3 is 20.1 Å². The summed E-state index contributed by atoms with van der Waals surface area (Å²) in [6, 6.07) is 4.99. The number of likely N-dealkylation sites (N-methyl/N-ethyl adjacent to an activating group) is 1. The fourth-order valence-corrected chi connectivity index (χ4v) is 2.64. The zero-order valence-electron chi connectivity index (χ0n) is 13.9.